The van der Waals surface area contributed by atoms with Crippen LogP contribution >= 0.6 is 45.3 Å². The molecule has 0 saturated carbocycles. The molecule has 0 spiro atoms. The third kappa shape index (κ3) is 25.2. The van der Waals surface area contributed by atoms with Gasteiger partial charge in [0.15, 0.2) is 23.1 Å². The molecule has 12 heterocycles. The van der Waals surface area contributed by atoms with Crippen molar-refractivity contribution >= 4 is 92.1 Å². The van der Waals surface area contributed by atoms with Crippen molar-refractivity contribution in [1.29, 1.82) is 0 Å². The van der Waals surface area contributed by atoms with E-state index in [1.165, 1.54) is 4.90 Å². The Bertz CT molecular complexity index is 5820. The monoisotopic (exact) mass is 1880 g/mol. The van der Waals surface area contributed by atoms with E-state index in [1.807, 2.05) is 217 Å². The highest BCUT2D eigenvalue weighted by Crippen LogP contribution is 2.42. The lowest BCUT2D eigenvalue weighted by atomic mass is 9.78. The van der Waals surface area contributed by atoms with Crippen molar-refractivity contribution in [3.8, 4) is 41.8 Å². The maximum atomic E-state index is 13.7. The molecule has 0 aliphatic carbocycles. The van der Waals surface area contributed by atoms with E-state index in [0.29, 0.717) is 91.5 Å². The molecule has 0 bridgehead atoms. The second-order valence-electron chi connectivity index (χ2n) is 37.1. The first-order valence-corrected chi connectivity index (χ1v) is 49.0. The molecule has 702 valence electrons. The van der Waals surface area contributed by atoms with Crippen LogP contribution in [-0.2, 0) is 57.6 Å². The molecule has 4 N–H and O–H groups in total. The number of hydrogen-bond acceptors (Lipinski definition) is 27. The van der Waals surface area contributed by atoms with E-state index < -0.39 is 77.7 Å². The number of aromatic nitrogens is 7. The lowest BCUT2D eigenvalue weighted by Gasteiger charge is -2.33. The lowest BCUT2D eigenvalue weighted by molar-refractivity contribution is -0.141. The molecule has 31 heteroatoms. The van der Waals surface area contributed by atoms with Crippen LogP contribution in [0.15, 0.2) is 192 Å². The predicted octanol–water partition coefficient (Wildman–Crippen LogP) is 17.3. The van der Waals surface area contributed by atoms with Gasteiger partial charge < -0.3 is 58.0 Å². The molecule has 0 unspecified atom stereocenters. The number of Topliss-reactive ketones (excluding diaryl/α,β-unsaturated/α-hetero) is 4. The summed E-state index contributed by atoms with van der Waals surface area (Å²) in [4.78, 5) is 134. The third-order valence-electron chi connectivity index (χ3n) is 25.0. The summed E-state index contributed by atoms with van der Waals surface area (Å²) >= 11 is 6.35. The SMILES string of the molecule is CC[C@@H](C(=O)N1C[C@H](O)C[C@H]1C(=O)CCc1ccc(-c2cncs2)cc1)c1cc(C)no1.Cc1cc([C@H](C(=O)N2C[C@H](O)C[C@H]2C(=O)CCc2ccc(-c3cncs3)cc2)C(C)(C)C)on1.Cc1cc([C@H](C(=O)N2C[C@H](O)C[C@H]2C(=O)C[C@@H](C)c2ccc(-c3cncs3)cc2)C(C)C)on1.Cc1coc([C@H](C(=O)N2C[C@H](O)C[C@H]2C(=O)CCc2ccc(-c3cncs3)cc2)C(C)C)c1. The fourth-order valence-corrected chi connectivity index (χ4v) is 20.6. The van der Waals surface area contributed by atoms with E-state index >= 15 is 0 Å². The highest BCUT2D eigenvalue weighted by molar-refractivity contribution is 7.14. The molecule has 16 rings (SSSR count). The number of nitrogens with zero attached hydrogens (tertiary/aromatic N) is 11. The number of amides is 4. The fraction of sp³-hybridized carbons (Fsp3) is 0.441. The Morgan fingerprint density at radius 1 is 0.414 bits per heavy atom. The number of carbonyl (C=O) groups is 8. The summed E-state index contributed by atoms with van der Waals surface area (Å²) < 4.78 is 21.8. The smallest absolute Gasteiger partial charge is 0.234 e. The summed E-state index contributed by atoms with van der Waals surface area (Å²) in [7, 11) is 0. The summed E-state index contributed by atoms with van der Waals surface area (Å²) in [5, 5.41) is 53.0. The van der Waals surface area contributed by atoms with Gasteiger partial charge in [0.05, 0.1) is 125 Å². The summed E-state index contributed by atoms with van der Waals surface area (Å²) in [5.41, 5.74) is 18.5. The molecule has 4 aromatic carbocycles. The predicted molar refractivity (Wildman–Crippen MR) is 510 cm³/mol. The molecule has 4 aliphatic heterocycles. The van der Waals surface area contributed by atoms with Crippen molar-refractivity contribution in [2.24, 2.45) is 17.3 Å². The Kier molecular flexibility index (Phi) is 33.7. The Balaban J connectivity index is 0.000000151. The van der Waals surface area contributed by atoms with E-state index in [0.717, 1.165) is 69.6 Å². The Hall–Kier alpha value is -11.3. The largest absolute Gasteiger partial charge is 0.468 e. The van der Waals surface area contributed by atoms with E-state index in [4.69, 9.17) is 18.0 Å². The number of likely N-dealkylation sites (tertiary alicyclic amines) is 4. The van der Waals surface area contributed by atoms with Gasteiger partial charge in [-0.2, -0.15) is 0 Å². The number of rotatable bonds is 31. The van der Waals surface area contributed by atoms with Gasteiger partial charge in [-0.3, -0.25) is 58.3 Å². The first kappa shape index (κ1) is 99.2. The van der Waals surface area contributed by atoms with Crippen LogP contribution in [0.3, 0.4) is 0 Å². The Morgan fingerprint density at radius 3 is 1.05 bits per heavy atom. The fourth-order valence-electron chi connectivity index (χ4n) is 18.0. The van der Waals surface area contributed by atoms with Crippen molar-refractivity contribution in [3.05, 3.63) is 242 Å². The summed E-state index contributed by atoms with van der Waals surface area (Å²) in [6.07, 6.45) is 10.9. The molecular weight excluding hydrogens is 1760 g/mol. The molecule has 4 amide bonds. The minimum atomic E-state index is -0.714. The Labute approximate surface area is 791 Å². The molecular formula is C102H119N11O16S4. The van der Waals surface area contributed by atoms with Crippen molar-refractivity contribution in [3.63, 3.8) is 0 Å². The van der Waals surface area contributed by atoms with Gasteiger partial charge in [-0.25, -0.2) is 0 Å². The Morgan fingerprint density at radius 2 is 0.737 bits per heavy atom. The van der Waals surface area contributed by atoms with Gasteiger partial charge in [0, 0.05) is 121 Å². The number of aliphatic hydroxyl groups excluding tert-OH is 4. The minimum Gasteiger partial charge on any atom is -0.468 e. The van der Waals surface area contributed by atoms with Gasteiger partial charge in [-0.15, -0.1) is 45.3 Å². The van der Waals surface area contributed by atoms with Crippen LogP contribution in [0.4, 0.5) is 0 Å². The molecule has 4 fully saturated rings. The van der Waals surface area contributed by atoms with Crippen LogP contribution in [0, 0.1) is 44.9 Å². The maximum absolute atomic E-state index is 13.7. The van der Waals surface area contributed by atoms with Crippen LogP contribution in [0.5, 0.6) is 0 Å². The van der Waals surface area contributed by atoms with Crippen LogP contribution in [0.1, 0.15) is 218 Å². The van der Waals surface area contributed by atoms with Crippen LogP contribution in [0.25, 0.3) is 41.8 Å². The number of furan rings is 1. The van der Waals surface area contributed by atoms with Gasteiger partial charge in [-0.05, 0) is 133 Å². The van der Waals surface area contributed by atoms with Gasteiger partial charge in [-0.1, -0.05) is 175 Å². The summed E-state index contributed by atoms with van der Waals surface area (Å²) in [6, 6.07) is 37.3. The number of aliphatic hydroxyl groups is 4. The van der Waals surface area contributed by atoms with Gasteiger partial charge in [0.1, 0.15) is 34.9 Å². The molecule has 12 aromatic rings. The quantitative estimate of drug-likeness (QED) is 0.0313. The number of hydrogen-bond donors (Lipinski definition) is 4. The molecule has 4 saturated heterocycles. The third-order valence-corrected chi connectivity index (χ3v) is 28.3. The molecule has 4 aliphatic rings. The van der Waals surface area contributed by atoms with Gasteiger partial charge in [0.2, 0.25) is 23.6 Å². The van der Waals surface area contributed by atoms with Crippen LogP contribution in [0.2, 0.25) is 0 Å². The summed E-state index contributed by atoms with van der Waals surface area (Å²) in [6.45, 7) is 25.7. The topological polar surface area (TPSA) is 373 Å². The van der Waals surface area contributed by atoms with Crippen molar-refractivity contribution in [1.82, 2.24) is 55.0 Å². The second kappa shape index (κ2) is 45.2. The molecule has 13 atom stereocenters. The number of benzene rings is 4. The first-order chi connectivity index (χ1) is 63.7. The number of ketones is 4. The average molecular weight is 1880 g/mol. The van der Waals surface area contributed by atoms with Gasteiger partial charge >= 0.3 is 0 Å². The standard InChI is InChI=1S/2C26H31N3O4S.C26H30N2O4S.C24H27N3O4S/c1-16-11-22(33-28-16)24(26(2,3)4)25(32)29-14-19(30)12-20(29)21(31)10-7-17-5-8-18(9-6-17)23-13-27-15-34-23;1-15(2)25(23-10-17(4)28-33-23)26(32)29-13-20(30)11-21(29)22(31)9-16(3)18-5-7-19(8-6-18)24-12-27-14-34-24;1-16(2)25(23-10-17(3)14-32-23)26(31)28-13-20(29)11-21(28)22(30)9-6-18-4-7-19(8-5-18)24-12-27-15-33-24;1-3-19(22-10-15(2)26-31-22)24(30)27-13-18(28)11-20(27)21(29)9-6-16-4-7-17(8-5-16)23-12-25-14-32-23/h5-6,8-9,11,13,15,19-20,24,30H,7,10,12,14H2,1-4H3;5-8,10,12,14-16,20-21,25,30H,9,11,13H2,1-4H3;4-5,7-8,10,12,14-16,20-21,25,29H,6,9,11,13H2,1-3H3;4-5,7-8,10,12,14,18-20,28H,3,6,9,11,13H2,1-2H3/t19-,20+,24-;16-,20-,21+,25-;20-,21+,25-;18-,19-,20+/m1111/s1. The van der Waals surface area contributed by atoms with Crippen LogP contribution in [-0.4, -0.2) is 197 Å². The minimum absolute atomic E-state index is 0.00414. The van der Waals surface area contributed by atoms with E-state index in [1.54, 1.807) is 108 Å². The van der Waals surface area contributed by atoms with Crippen molar-refractivity contribution < 1.29 is 76.8 Å². The van der Waals surface area contributed by atoms with Crippen LogP contribution < -0.4 is 0 Å². The molecule has 27 nitrogen and oxygen atoms in total. The second-order valence-corrected chi connectivity index (χ2v) is 40.6. The van der Waals surface area contributed by atoms with E-state index in [9.17, 15) is 58.8 Å². The lowest BCUT2D eigenvalue weighted by Crippen LogP contribution is -2.45. The van der Waals surface area contributed by atoms with Crippen molar-refractivity contribution in [2.45, 2.75) is 245 Å². The zero-order chi connectivity index (χ0) is 95.1. The van der Waals surface area contributed by atoms with E-state index in [2.05, 4.69) is 35.4 Å². The number of aryl methyl sites for hydroxylation is 7. The maximum Gasteiger partial charge on any atom is 0.234 e. The normalized spacial score (nSPS) is 19.5. The summed E-state index contributed by atoms with van der Waals surface area (Å²) in [5.74, 6) is -0.860. The first-order valence-electron chi connectivity index (χ1n) is 45.5. The van der Waals surface area contributed by atoms with Gasteiger partial charge in [0.25, 0.3) is 0 Å². The highest BCUT2D eigenvalue weighted by Gasteiger charge is 2.49. The number of thiazole rings is 4. The van der Waals surface area contributed by atoms with Crippen molar-refractivity contribution in [2.75, 3.05) is 26.2 Å². The zero-order valence-electron chi connectivity index (χ0n) is 77.5. The highest BCUT2D eigenvalue weighted by atomic mass is 32.1. The molecule has 8 aromatic heterocycles. The zero-order valence-corrected chi connectivity index (χ0v) is 80.7. The average Bonchev–Trinajstić information content (AvgIpc) is 1.64. The molecule has 133 heavy (non-hydrogen) atoms. The number of β-amino-alcohol motifs (C(OH)–C–C–N with tert-alkyl or cyclic N) is 4. The number of carbonyl (C=O) groups excluding carboxylic acids is 8. The van der Waals surface area contributed by atoms with E-state index in [-0.39, 0.29) is 116 Å². The molecule has 0 radical (unpaired) electrons.